The summed E-state index contributed by atoms with van der Waals surface area (Å²) in [5.74, 6) is -5.65. The average molecular weight is 383 g/mol. The maximum absolute atomic E-state index is 15.5. The minimum atomic E-state index is -2.79. The molecular formula is C20H18FN3O4. The molecule has 2 aromatic rings. The summed E-state index contributed by atoms with van der Waals surface area (Å²) in [6.07, 6.45) is -2.49. The van der Waals surface area contributed by atoms with Gasteiger partial charge in [0.05, 0.1) is 6.54 Å². The van der Waals surface area contributed by atoms with Gasteiger partial charge in [0, 0.05) is 29.8 Å². The van der Waals surface area contributed by atoms with Gasteiger partial charge in [-0.05, 0) is 17.7 Å². The molecule has 0 aliphatic carbocycles. The van der Waals surface area contributed by atoms with Gasteiger partial charge in [0.2, 0.25) is 0 Å². The largest absolute Gasteiger partial charge is 0.383 e. The third-order valence-electron chi connectivity index (χ3n) is 5.07. The quantitative estimate of drug-likeness (QED) is 0.547. The highest BCUT2D eigenvalue weighted by Gasteiger charge is 2.55. The smallest absolute Gasteiger partial charge is 0.285 e. The fourth-order valence-corrected chi connectivity index (χ4v) is 3.54. The first-order valence-corrected chi connectivity index (χ1v) is 8.84. The molecule has 144 valence electrons. The summed E-state index contributed by atoms with van der Waals surface area (Å²) in [5, 5.41) is 14.7. The molecule has 0 radical (unpaired) electrons. The van der Waals surface area contributed by atoms with E-state index in [4.69, 9.17) is 0 Å². The molecule has 2 atom stereocenters. The van der Waals surface area contributed by atoms with Gasteiger partial charge >= 0.3 is 0 Å². The molecule has 4 rings (SSSR count). The highest BCUT2D eigenvalue weighted by molar-refractivity contribution is 6.08. The molecule has 1 saturated heterocycles. The molecule has 0 bridgehead atoms. The van der Waals surface area contributed by atoms with Crippen LogP contribution in [0.1, 0.15) is 27.9 Å². The summed E-state index contributed by atoms with van der Waals surface area (Å²) in [7, 11) is 0. The van der Waals surface area contributed by atoms with Gasteiger partial charge < -0.3 is 10.4 Å². The van der Waals surface area contributed by atoms with Gasteiger partial charge in [-0.3, -0.25) is 24.6 Å². The fraction of sp³-hybridized carbons (Fsp3) is 0.250. The van der Waals surface area contributed by atoms with Crippen molar-refractivity contribution in [2.75, 3.05) is 5.32 Å². The van der Waals surface area contributed by atoms with Gasteiger partial charge in [-0.15, -0.1) is 0 Å². The number of nitrogens with one attached hydrogen (secondary N) is 2. The van der Waals surface area contributed by atoms with E-state index in [0.717, 1.165) is 10.5 Å². The number of halogens is 1. The number of nitrogens with zero attached hydrogens (tertiary/aromatic N) is 1. The number of carbonyl (C=O) groups excluding carboxylic acids is 3. The van der Waals surface area contributed by atoms with E-state index in [1.54, 1.807) is 23.5 Å². The molecule has 7 nitrogen and oxygen atoms in total. The Morgan fingerprint density at radius 2 is 1.89 bits per heavy atom. The van der Waals surface area contributed by atoms with Crippen LogP contribution >= 0.6 is 0 Å². The van der Waals surface area contributed by atoms with Crippen molar-refractivity contribution in [3.05, 3.63) is 65.2 Å². The normalized spacial score (nSPS) is 24.1. The fourth-order valence-electron chi connectivity index (χ4n) is 3.54. The molecule has 0 spiro atoms. The van der Waals surface area contributed by atoms with Crippen LogP contribution in [0.4, 0.5) is 10.1 Å². The zero-order valence-corrected chi connectivity index (χ0v) is 14.8. The predicted molar refractivity (Wildman–Crippen MR) is 97.7 cm³/mol. The number of aliphatic hydroxyl groups excluding tert-OH is 1. The summed E-state index contributed by atoms with van der Waals surface area (Å²) >= 11 is 0. The first-order valence-electron chi connectivity index (χ1n) is 8.84. The van der Waals surface area contributed by atoms with Crippen LogP contribution in [0, 0.1) is 0 Å². The molecule has 0 saturated carbocycles. The second-order valence-corrected chi connectivity index (χ2v) is 6.86. The number of benzene rings is 2. The van der Waals surface area contributed by atoms with Crippen LogP contribution in [0.3, 0.4) is 0 Å². The number of fused-ring (bicyclic) bond motifs is 1. The van der Waals surface area contributed by atoms with Crippen LogP contribution < -0.4 is 10.6 Å². The van der Waals surface area contributed by atoms with Crippen molar-refractivity contribution < 1.29 is 23.9 Å². The molecule has 3 amide bonds. The second-order valence-electron chi connectivity index (χ2n) is 6.86. The van der Waals surface area contributed by atoms with Crippen molar-refractivity contribution in [3.8, 4) is 0 Å². The van der Waals surface area contributed by atoms with Gasteiger partial charge in [-0.1, -0.05) is 36.4 Å². The highest BCUT2D eigenvalue weighted by Crippen LogP contribution is 2.38. The average Bonchev–Trinajstić information content (AvgIpc) is 3.04. The molecular weight excluding hydrogens is 365 g/mol. The van der Waals surface area contributed by atoms with Crippen molar-refractivity contribution in [1.82, 2.24) is 10.2 Å². The number of carbonyl (C=O) groups is 3. The second kappa shape index (κ2) is 6.72. The van der Waals surface area contributed by atoms with Crippen LogP contribution in [-0.4, -0.2) is 39.6 Å². The first-order chi connectivity index (χ1) is 13.4. The van der Waals surface area contributed by atoms with Crippen LogP contribution in [0.2, 0.25) is 0 Å². The van der Waals surface area contributed by atoms with Crippen molar-refractivity contribution in [1.29, 1.82) is 0 Å². The number of aliphatic hydroxyl groups is 1. The van der Waals surface area contributed by atoms with Crippen LogP contribution in [0.25, 0.3) is 0 Å². The predicted octanol–water partition coefficient (Wildman–Crippen LogP) is 1.33. The number of amides is 3. The SMILES string of the molecule is O=C1NC(=O)C(F)(N2Cc3c(NCc4ccccc4)cccc3C2=O)CC1O. The van der Waals surface area contributed by atoms with Gasteiger partial charge in [0.25, 0.3) is 23.5 Å². The Labute approximate surface area is 160 Å². The lowest BCUT2D eigenvalue weighted by Gasteiger charge is -2.37. The maximum Gasteiger partial charge on any atom is 0.285 e. The van der Waals surface area contributed by atoms with E-state index in [2.05, 4.69) is 5.32 Å². The summed E-state index contributed by atoms with van der Waals surface area (Å²) in [4.78, 5) is 37.1. The summed E-state index contributed by atoms with van der Waals surface area (Å²) < 4.78 is 15.5. The third-order valence-corrected chi connectivity index (χ3v) is 5.07. The van der Waals surface area contributed by atoms with Gasteiger partial charge in [-0.25, -0.2) is 4.39 Å². The van der Waals surface area contributed by atoms with E-state index in [1.807, 2.05) is 30.3 Å². The van der Waals surface area contributed by atoms with Gasteiger partial charge in [0.1, 0.15) is 6.10 Å². The molecule has 2 aliphatic heterocycles. The zero-order valence-electron chi connectivity index (χ0n) is 14.8. The van der Waals surface area contributed by atoms with E-state index >= 15 is 4.39 Å². The lowest BCUT2D eigenvalue weighted by Crippen LogP contribution is -2.64. The van der Waals surface area contributed by atoms with E-state index in [9.17, 15) is 19.5 Å². The number of hydrogen-bond acceptors (Lipinski definition) is 5. The van der Waals surface area contributed by atoms with Crippen LogP contribution in [0.15, 0.2) is 48.5 Å². The number of rotatable bonds is 4. The number of anilines is 1. The number of alkyl halides is 1. The summed E-state index contributed by atoms with van der Waals surface area (Å²) in [6.45, 7) is 0.372. The van der Waals surface area contributed by atoms with Crippen LogP contribution in [-0.2, 0) is 22.7 Å². The Morgan fingerprint density at radius 3 is 2.64 bits per heavy atom. The Kier molecular flexibility index (Phi) is 4.35. The molecule has 3 N–H and O–H groups in total. The summed E-state index contributed by atoms with van der Waals surface area (Å²) in [5.41, 5.74) is 2.55. The molecule has 8 heteroatoms. The Morgan fingerprint density at radius 1 is 1.14 bits per heavy atom. The lowest BCUT2D eigenvalue weighted by molar-refractivity contribution is -0.163. The molecule has 28 heavy (non-hydrogen) atoms. The van der Waals surface area contributed by atoms with Gasteiger partial charge in [-0.2, -0.15) is 0 Å². The number of imide groups is 1. The monoisotopic (exact) mass is 383 g/mol. The van der Waals surface area contributed by atoms with E-state index in [0.29, 0.717) is 17.8 Å². The first kappa shape index (κ1) is 18.1. The molecule has 0 aromatic heterocycles. The Bertz CT molecular complexity index is 965. The Hall–Kier alpha value is -3.26. The zero-order chi connectivity index (χ0) is 19.9. The Balaban J connectivity index is 1.60. The van der Waals surface area contributed by atoms with Crippen molar-refractivity contribution in [2.45, 2.75) is 31.4 Å². The van der Waals surface area contributed by atoms with Crippen LogP contribution in [0.5, 0.6) is 0 Å². The van der Waals surface area contributed by atoms with E-state index in [-0.39, 0.29) is 12.1 Å². The molecule has 2 unspecified atom stereocenters. The maximum atomic E-state index is 15.5. The topological polar surface area (TPSA) is 98.7 Å². The molecule has 2 aromatic carbocycles. The number of piperidine rings is 1. The number of hydrogen-bond donors (Lipinski definition) is 3. The molecule has 2 aliphatic rings. The summed E-state index contributed by atoms with van der Waals surface area (Å²) in [6, 6.07) is 14.7. The molecule has 2 heterocycles. The minimum Gasteiger partial charge on any atom is -0.383 e. The lowest BCUT2D eigenvalue weighted by atomic mass is 9.99. The van der Waals surface area contributed by atoms with E-state index in [1.165, 1.54) is 0 Å². The van der Waals surface area contributed by atoms with Crippen molar-refractivity contribution in [2.24, 2.45) is 0 Å². The standard InChI is InChI=1S/C20H18FN3O4/c21-20(9-16(25)17(26)23-19(20)28)24-11-14-13(18(24)27)7-4-8-15(14)22-10-12-5-2-1-3-6-12/h1-8,16,22,25H,9-11H2,(H,23,26,28). The van der Waals surface area contributed by atoms with Crippen molar-refractivity contribution >= 4 is 23.4 Å². The minimum absolute atomic E-state index is 0.142. The van der Waals surface area contributed by atoms with Gasteiger partial charge in [0.15, 0.2) is 0 Å². The third kappa shape index (κ3) is 2.91. The van der Waals surface area contributed by atoms with Crippen molar-refractivity contribution in [3.63, 3.8) is 0 Å². The van der Waals surface area contributed by atoms with E-state index < -0.39 is 36.0 Å². The molecule has 1 fully saturated rings. The highest BCUT2D eigenvalue weighted by atomic mass is 19.1.